The van der Waals surface area contributed by atoms with Crippen LogP contribution in [0.25, 0.3) is 77.2 Å². The standard InChI is InChI=1S/C56H39N/c1-6-19-40(20-7-1)41-33-35-46(36-34-41)57(56-48(42-21-8-2-9-22-42)31-18-32-49(56)43-23-10-3-11-24-43)47-37-38-51-50-29-16-17-30-52(50)54(44-25-12-4-13-26-44)55(53(51)39-47)45-27-14-5-15-28-45/h1-39H. The van der Waals surface area contributed by atoms with Crippen molar-refractivity contribution in [2.75, 3.05) is 4.90 Å². The molecule has 1 heteroatoms. The molecule has 0 unspecified atom stereocenters. The fourth-order valence-corrected chi connectivity index (χ4v) is 8.45. The second-order valence-electron chi connectivity index (χ2n) is 14.4. The van der Waals surface area contributed by atoms with Gasteiger partial charge in [0.25, 0.3) is 0 Å². The maximum absolute atomic E-state index is 2.48. The molecule has 268 valence electrons. The second-order valence-corrected chi connectivity index (χ2v) is 14.4. The molecule has 0 saturated heterocycles. The van der Waals surface area contributed by atoms with E-state index in [4.69, 9.17) is 0 Å². The monoisotopic (exact) mass is 725 g/mol. The minimum atomic E-state index is 1.08. The zero-order chi connectivity index (χ0) is 38.0. The maximum atomic E-state index is 2.48. The summed E-state index contributed by atoms with van der Waals surface area (Å²) in [7, 11) is 0. The van der Waals surface area contributed by atoms with Crippen LogP contribution in [0.3, 0.4) is 0 Å². The van der Waals surface area contributed by atoms with Gasteiger partial charge in [-0.3, -0.25) is 0 Å². The Labute approximate surface area is 334 Å². The Morgan fingerprint density at radius 3 is 1.14 bits per heavy atom. The molecule has 0 atom stereocenters. The Morgan fingerprint density at radius 1 is 0.228 bits per heavy atom. The predicted octanol–water partition coefficient (Wildman–Crippen LogP) is 15.8. The molecule has 0 aliphatic heterocycles. The van der Waals surface area contributed by atoms with Gasteiger partial charge in [0.1, 0.15) is 0 Å². The first-order valence-corrected chi connectivity index (χ1v) is 19.6. The van der Waals surface area contributed by atoms with Gasteiger partial charge in [-0.05, 0) is 90.3 Å². The fourth-order valence-electron chi connectivity index (χ4n) is 8.45. The van der Waals surface area contributed by atoms with Crippen LogP contribution in [0.1, 0.15) is 0 Å². The minimum Gasteiger partial charge on any atom is -0.309 e. The number of fused-ring (bicyclic) bond motifs is 3. The van der Waals surface area contributed by atoms with Crippen LogP contribution >= 0.6 is 0 Å². The second kappa shape index (κ2) is 15.0. The van der Waals surface area contributed by atoms with E-state index in [0.29, 0.717) is 0 Å². The Morgan fingerprint density at radius 2 is 0.614 bits per heavy atom. The van der Waals surface area contributed by atoms with Crippen LogP contribution in [0.15, 0.2) is 237 Å². The molecule has 0 aliphatic carbocycles. The lowest BCUT2D eigenvalue weighted by Gasteiger charge is -2.31. The third kappa shape index (κ3) is 6.36. The molecule has 0 fully saturated rings. The number of anilines is 3. The molecule has 0 N–H and O–H groups in total. The van der Waals surface area contributed by atoms with Crippen molar-refractivity contribution in [2.45, 2.75) is 0 Å². The fraction of sp³-hybridized carbons (Fsp3) is 0. The molecule has 0 aromatic heterocycles. The van der Waals surface area contributed by atoms with E-state index in [1.165, 1.54) is 66.1 Å². The highest BCUT2D eigenvalue weighted by molar-refractivity contribution is 6.22. The summed E-state index contributed by atoms with van der Waals surface area (Å²) < 4.78 is 0. The molecule has 10 aromatic rings. The number of nitrogens with zero attached hydrogens (tertiary/aromatic N) is 1. The van der Waals surface area contributed by atoms with Gasteiger partial charge in [-0.1, -0.05) is 212 Å². The van der Waals surface area contributed by atoms with Crippen LogP contribution in [0.2, 0.25) is 0 Å². The SMILES string of the molecule is c1ccc(-c2ccc(N(c3ccc4c(c3)c(-c3ccccc3)c(-c3ccccc3)c3ccccc34)c3c(-c4ccccc4)cccc3-c3ccccc3)cc2)cc1. The number of hydrogen-bond acceptors (Lipinski definition) is 1. The Balaban J connectivity index is 1.31. The van der Waals surface area contributed by atoms with E-state index in [1.54, 1.807) is 0 Å². The lowest BCUT2D eigenvalue weighted by molar-refractivity contribution is 1.29. The molecule has 0 aliphatic rings. The summed E-state index contributed by atoms with van der Waals surface area (Å²) in [5.41, 5.74) is 15.2. The van der Waals surface area contributed by atoms with E-state index >= 15 is 0 Å². The van der Waals surface area contributed by atoms with E-state index in [1.807, 2.05) is 0 Å². The van der Waals surface area contributed by atoms with Gasteiger partial charge in [0, 0.05) is 22.5 Å². The molecule has 57 heavy (non-hydrogen) atoms. The molecule has 10 aromatic carbocycles. The van der Waals surface area contributed by atoms with Gasteiger partial charge in [-0.25, -0.2) is 0 Å². The summed E-state index contributed by atoms with van der Waals surface area (Å²) in [4.78, 5) is 2.48. The van der Waals surface area contributed by atoms with E-state index in [0.717, 1.165) is 28.2 Å². The highest BCUT2D eigenvalue weighted by atomic mass is 15.1. The molecule has 0 radical (unpaired) electrons. The number of benzene rings is 10. The average Bonchev–Trinajstić information content (AvgIpc) is 3.30. The molecule has 1 nitrogen and oxygen atoms in total. The van der Waals surface area contributed by atoms with Crippen LogP contribution in [0, 0.1) is 0 Å². The third-order valence-corrected chi connectivity index (χ3v) is 11.1. The van der Waals surface area contributed by atoms with Crippen LogP contribution < -0.4 is 4.90 Å². The highest BCUT2D eigenvalue weighted by Crippen LogP contribution is 2.50. The molecular weight excluding hydrogens is 687 g/mol. The summed E-state index contributed by atoms with van der Waals surface area (Å²) in [5.74, 6) is 0. The average molecular weight is 726 g/mol. The summed E-state index contributed by atoms with van der Waals surface area (Å²) in [6.07, 6.45) is 0. The molecular formula is C56H39N. The van der Waals surface area contributed by atoms with E-state index in [2.05, 4.69) is 241 Å². The first-order valence-electron chi connectivity index (χ1n) is 19.6. The largest absolute Gasteiger partial charge is 0.309 e. The number of para-hydroxylation sites is 1. The summed E-state index contributed by atoms with van der Waals surface area (Å²) in [6.45, 7) is 0. The summed E-state index contributed by atoms with van der Waals surface area (Å²) in [6, 6.07) is 85.7. The Kier molecular flexibility index (Phi) is 8.95. The normalized spacial score (nSPS) is 11.2. The third-order valence-electron chi connectivity index (χ3n) is 11.1. The quantitative estimate of drug-likeness (QED) is 0.141. The van der Waals surface area contributed by atoms with Gasteiger partial charge in [-0.2, -0.15) is 0 Å². The van der Waals surface area contributed by atoms with Gasteiger partial charge < -0.3 is 4.90 Å². The summed E-state index contributed by atoms with van der Waals surface area (Å²) in [5, 5.41) is 4.93. The van der Waals surface area contributed by atoms with Crippen molar-refractivity contribution < 1.29 is 0 Å². The molecule has 0 amide bonds. The summed E-state index contributed by atoms with van der Waals surface area (Å²) >= 11 is 0. The van der Waals surface area contributed by atoms with Crippen LogP contribution in [-0.2, 0) is 0 Å². The van der Waals surface area contributed by atoms with Crippen molar-refractivity contribution in [1.82, 2.24) is 0 Å². The highest BCUT2D eigenvalue weighted by Gasteiger charge is 2.24. The first kappa shape index (κ1) is 34.0. The van der Waals surface area contributed by atoms with Crippen molar-refractivity contribution in [3.63, 3.8) is 0 Å². The zero-order valence-corrected chi connectivity index (χ0v) is 31.5. The van der Waals surface area contributed by atoms with E-state index in [9.17, 15) is 0 Å². The smallest absolute Gasteiger partial charge is 0.0618 e. The van der Waals surface area contributed by atoms with Crippen molar-refractivity contribution >= 4 is 38.6 Å². The lowest BCUT2D eigenvalue weighted by atomic mass is 9.84. The Bertz CT molecular complexity index is 2900. The van der Waals surface area contributed by atoms with Crippen molar-refractivity contribution in [3.05, 3.63) is 237 Å². The maximum Gasteiger partial charge on any atom is 0.0618 e. The number of hydrogen-bond donors (Lipinski definition) is 0. The first-order chi connectivity index (χ1) is 28.3. The van der Waals surface area contributed by atoms with Crippen LogP contribution in [-0.4, -0.2) is 0 Å². The van der Waals surface area contributed by atoms with E-state index < -0.39 is 0 Å². The van der Waals surface area contributed by atoms with Crippen molar-refractivity contribution in [1.29, 1.82) is 0 Å². The molecule has 0 heterocycles. The zero-order valence-electron chi connectivity index (χ0n) is 31.5. The van der Waals surface area contributed by atoms with Crippen molar-refractivity contribution in [3.8, 4) is 55.6 Å². The van der Waals surface area contributed by atoms with Gasteiger partial charge in [0.2, 0.25) is 0 Å². The van der Waals surface area contributed by atoms with Gasteiger partial charge >= 0.3 is 0 Å². The van der Waals surface area contributed by atoms with E-state index in [-0.39, 0.29) is 0 Å². The van der Waals surface area contributed by atoms with Crippen LogP contribution in [0.5, 0.6) is 0 Å². The van der Waals surface area contributed by atoms with Gasteiger partial charge in [0.15, 0.2) is 0 Å². The Hall–Kier alpha value is -7.48. The molecule has 0 saturated carbocycles. The van der Waals surface area contributed by atoms with Gasteiger partial charge in [0.05, 0.1) is 5.69 Å². The predicted molar refractivity (Wildman–Crippen MR) is 243 cm³/mol. The molecule has 0 spiro atoms. The molecule has 0 bridgehead atoms. The van der Waals surface area contributed by atoms with Crippen molar-refractivity contribution in [2.24, 2.45) is 0 Å². The minimum absolute atomic E-state index is 1.08. The lowest BCUT2D eigenvalue weighted by Crippen LogP contribution is -2.13. The number of rotatable bonds is 8. The molecule has 10 rings (SSSR count). The topological polar surface area (TPSA) is 3.24 Å². The van der Waals surface area contributed by atoms with Gasteiger partial charge in [-0.15, -0.1) is 0 Å². The van der Waals surface area contributed by atoms with Crippen LogP contribution in [0.4, 0.5) is 17.1 Å².